The maximum absolute atomic E-state index is 5.57. The summed E-state index contributed by atoms with van der Waals surface area (Å²) < 4.78 is 1.75. The molecule has 3 aromatic rings. The Hall–Kier alpha value is -2.34. The zero-order chi connectivity index (χ0) is 12.5. The van der Waals surface area contributed by atoms with E-state index in [1.165, 1.54) is 0 Å². The fourth-order valence-corrected chi connectivity index (χ4v) is 1.85. The van der Waals surface area contributed by atoms with Gasteiger partial charge in [0.2, 0.25) is 0 Å². The molecular formula is C12H14N6. The van der Waals surface area contributed by atoms with Crippen LogP contribution in [0.3, 0.4) is 0 Å². The molecule has 3 rings (SSSR count). The minimum Gasteiger partial charge on any atom is -0.366 e. The van der Waals surface area contributed by atoms with E-state index in [1.807, 2.05) is 48.7 Å². The van der Waals surface area contributed by atoms with Crippen molar-refractivity contribution in [3.8, 4) is 0 Å². The van der Waals surface area contributed by atoms with Crippen LogP contribution in [0.25, 0.3) is 5.65 Å². The van der Waals surface area contributed by atoms with E-state index in [0.29, 0.717) is 6.54 Å². The number of nitrogens with two attached hydrogens (primary N) is 1. The van der Waals surface area contributed by atoms with Crippen molar-refractivity contribution in [1.29, 1.82) is 0 Å². The second-order valence-electron chi connectivity index (χ2n) is 4.06. The third kappa shape index (κ3) is 1.72. The summed E-state index contributed by atoms with van der Waals surface area (Å²) in [6.07, 6.45) is 5.66. The molecule has 0 bridgehead atoms. The number of nitrogens with one attached hydrogen (secondary N) is 1. The lowest BCUT2D eigenvalue weighted by Crippen LogP contribution is -2.11. The fraction of sp³-hybridized carbons (Fsp3) is 0.167. The number of hydrogen-bond acceptors (Lipinski definition) is 4. The molecule has 0 radical (unpaired) electrons. The van der Waals surface area contributed by atoms with E-state index in [9.17, 15) is 0 Å². The van der Waals surface area contributed by atoms with Crippen LogP contribution in [-0.4, -0.2) is 26.6 Å². The molecule has 0 aromatic carbocycles. The van der Waals surface area contributed by atoms with Gasteiger partial charge in [0.15, 0.2) is 11.5 Å². The minimum absolute atomic E-state index is 0.423. The molecule has 3 aromatic heterocycles. The molecule has 18 heavy (non-hydrogen) atoms. The Labute approximate surface area is 104 Å². The van der Waals surface area contributed by atoms with Gasteiger partial charge in [-0.15, -0.1) is 5.10 Å². The van der Waals surface area contributed by atoms with Gasteiger partial charge in [0.1, 0.15) is 0 Å². The second kappa shape index (κ2) is 4.15. The number of fused-ring (bicyclic) bond motifs is 1. The largest absolute Gasteiger partial charge is 0.366 e. The topological polar surface area (TPSA) is 75.2 Å². The first-order valence-electron chi connectivity index (χ1n) is 5.70. The smallest absolute Gasteiger partial charge is 0.153 e. The summed E-state index contributed by atoms with van der Waals surface area (Å²) in [6, 6.07) is 5.87. The Morgan fingerprint density at radius 2 is 2.28 bits per heavy atom. The molecule has 0 atom stereocenters. The normalized spacial score (nSPS) is 11.0. The van der Waals surface area contributed by atoms with Crippen molar-refractivity contribution in [2.24, 2.45) is 5.73 Å². The van der Waals surface area contributed by atoms with Gasteiger partial charge in [0.05, 0.1) is 17.6 Å². The average Bonchev–Trinajstić information content (AvgIpc) is 3.05. The number of H-pyrrole nitrogens is 1. The summed E-state index contributed by atoms with van der Waals surface area (Å²) in [5.74, 6) is 0.850. The van der Waals surface area contributed by atoms with E-state index in [-0.39, 0.29) is 0 Å². The van der Waals surface area contributed by atoms with Crippen LogP contribution >= 0.6 is 0 Å². The van der Waals surface area contributed by atoms with E-state index < -0.39 is 0 Å². The molecule has 0 saturated heterocycles. The first-order valence-corrected chi connectivity index (χ1v) is 5.70. The third-order valence-electron chi connectivity index (χ3n) is 2.88. The Balaban J connectivity index is 2.02. The van der Waals surface area contributed by atoms with Crippen molar-refractivity contribution in [3.63, 3.8) is 0 Å². The zero-order valence-electron chi connectivity index (χ0n) is 10.0. The Kier molecular flexibility index (Phi) is 2.49. The first kappa shape index (κ1) is 10.8. The lowest BCUT2D eigenvalue weighted by atomic mass is 10.4. The first-order chi connectivity index (χ1) is 8.78. The Bertz CT molecular complexity index is 654. The number of anilines is 2. The molecule has 0 amide bonds. The number of aromatic amines is 1. The van der Waals surface area contributed by atoms with Crippen molar-refractivity contribution in [1.82, 2.24) is 19.6 Å². The van der Waals surface area contributed by atoms with Crippen LogP contribution < -0.4 is 10.6 Å². The van der Waals surface area contributed by atoms with Gasteiger partial charge in [-0.05, 0) is 18.2 Å². The quantitative estimate of drug-likeness (QED) is 0.725. The van der Waals surface area contributed by atoms with Gasteiger partial charge in [-0.3, -0.25) is 0 Å². The number of hydrogen-bond donors (Lipinski definition) is 2. The fourth-order valence-electron chi connectivity index (χ4n) is 1.85. The summed E-state index contributed by atoms with van der Waals surface area (Å²) in [7, 11) is 1.97. The predicted octanol–water partition coefficient (Wildman–Crippen LogP) is 1.28. The maximum atomic E-state index is 5.57. The molecule has 0 saturated carbocycles. The summed E-state index contributed by atoms with van der Waals surface area (Å²) in [5.41, 5.74) is 8.27. The van der Waals surface area contributed by atoms with E-state index in [4.69, 9.17) is 5.73 Å². The minimum atomic E-state index is 0.423. The van der Waals surface area contributed by atoms with Crippen LogP contribution in [0.4, 0.5) is 11.5 Å². The monoisotopic (exact) mass is 242 g/mol. The van der Waals surface area contributed by atoms with Crippen LogP contribution in [0.2, 0.25) is 0 Å². The second-order valence-corrected chi connectivity index (χ2v) is 4.06. The Morgan fingerprint density at radius 3 is 3.00 bits per heavy atom. The number of nitrogens with zero attached hydrogens (tertiary/aromatic N) is 4. The van der Waals surface area contributed by atoms with Gasteiger partial charge in [0.25, 0.3) is 0 Å². The molecule has 92 valence electrons. The molecule has 3 N–H and O–H groups in total. The van der Waals surface area contributed by atoms with E-state index in [1.54, 1.807) is 4.52 Å². The van der Waals surface area contributed by atoms with Crippen molar-refractivity contribution in [2.75, 3.05) is 11.9 Å². The molecule has 6 heteroatoms. The average molecular weight is 242 g/mol. The van der Waals surface area contributed by atoms with Crippen molar-refractivity contribution >= 4 is 17.2 Å². The number of aromatic nitrogens is 4. The van der Waals surface area contributed by atoms with Crippen molar-refractivity contribution in [3.05, 3.63) is 42.5 Å². The lowest BCUT2D eigenvalue weighted by Gasteiger charge is -2.15. The highest BCUT2D eigenvalue weighted by Crippen LogP contribution is 2.20. The molecule has 0 aliphatic carbocycles. The molecule has 0 unspecified atom stereocenters. The van der Waals surface area contributed by atoms with Crippen LogP contribution in [0, 0.1) is 0 Å². The van der Waals surface area contributed by atoms with Crippen LogP contribution in [0.5, 0.6) is 0 Å². The molecule has 6 nitrogen and oxygen atoms in total. The highest BCUT2D eigenvalue weighted by Gasteiger charge is 2.08. The van der Waals surface area contributed by atoms with Crippen LogP contribution in [0.15, 0.2) is 36.8 Å². The molecule has 0 aliphatic heterocycles. The van der Waals surface area contributed by atoms with Gasteiger partial charge < -0.3 is 15.6 Å². The standard InChI is InChI=1S/C12H14N6/c1-17(10-4-5-14-7-10)12-3-2-11-15-9(6-13)8-18(11)16-12/h2-5,7-8,14H,6,13H2,1H3. The number of imidazole rings is 1. The molecule has 0 spiro atoms. The van der Waals surface area contributed by atoms with Gasteiger partial charge in [-0.2, -0.15) is 0 Å². The zero-order valence-corrected chi connectivity index (χ0v) is 10.0. The van der Waals surface area contributed by atoms with Crippen molar-refractivity contribution < 1.29 is 0 Å². The Morgan fingerprint density at radius 1 is 1.39 bits per heavy atom. The summed E-state index contributed by atoms with van der Waals surface area (Å²) >= 11 is 0. The highest BCUT2D eigenvalue weighted by atomic mass is 15.3. The van der Waals surface area contributed by atoms with Gasteiger partial charge in [-0.1, -0.05) is 0 Å². The highest BCUT2D eigenvalue weighted by molar-refractivity contribution is 5.59. The third-order valence-corrected chi connectivity index (χ3v) is 2.88. The number of rotatable bonds is 3. The predicted molar refractivity (Wildman–Crippen MR) is 69.7 cm³/mol. The summed E-state index contributed by atoms with van der Waals surface area (Å²) in [4.78, 5) is 9.37. The maximum Gasteiger partial charge on any atom is 0.153 e. The van der Waals surface area contributed by atoms with E-state index in [0.717, 1.165) is 22.8 Å². The van der Waals surface area contributed by atoms with E-state index >= 15 is 0 Å². The SMILES string of the molecule is CN(c1cc[nH]c1)c1ccc2nc(CN)cn2n1. The molecule has 3 heterocycles. The molecule has 0 fully saturated rings. The molecular weight excluding hydrogens is 228 g/mol. The van der Waals surface area contributed by atoms with Gasteiger partial charge in [-0.25, -0.2) is 9.50 Å². The van der Waals surface area contributed by atoms with Crippen LogP contribution in [0.1, 0.15) is 5.69 Å². The van der Waals surface area contributed by atoms with Crippen molar-refractivity contribution in [2.45, 2.75) is 6.54 Å². The lowest BCUT2D eigenvalue weighted by molar-refractivity contribution is 0.909. The summed E-state index contributed by atoms with van der Waals surface area (Å²) in [6.45, 7) is 0.423. The van der Waals surface area contributed by atoms with Crippen LogP contribution in [-0.2, 0) is 6.54 Å². The van der Waals surface area contributed by atoms with E-state index in [2.05, 4.69) is 15.1 Å². The van der Waals surface area contributed by atoms with Gasteiger partial charge >= 0.3 is 0 Å². The summed E-state index contributed by atoms with van der Waals surface area (Å²) in [5, 5.41) is 4.51. The van der Waals surface area contributed by atoms with Gasteiger partial charge in [0, 0.05) is 26.0 Å². The molecule has 0 aliphatic rings.